The van der Waals surface area contributed by atoms with Crippen LogP contribution >= 0.6 is 0 Å². The number of aromatic nitrogens is 1. The summed E-state index contributed by atoms with van der Waals surface area (Å²) in [4.78, 5) is 35.8. The summed E-state index contributed by atoms with van der Waals surface area (Å²) in [6, 6.07) is 14.1. The number of amides is 2. The fourth-order valence-corrected chi connectivity index (χ4v) is 2.59. The number of carbonyl (C=O) groups is 2. The van der Waals surface area contributed by atoms with Crippen LogP contribution < -0.4 is 16.6 Å². The Morgan fingerprint density at radius 3 is 2.50 bits per heavy atom. The average Bonchev–Trinajstić information content (AvgIpc) is 2.99. The average molecular weight is 353 g/mol. The molecule has 2 aromatic carbocycles. The quantitative estimate of drug-likeness (QED) is 0.686. The van der Waals surface area contributed by atoms with Gasteiger partial charge in [0, 0.05) is 18.5 Å². The third-order valence-electron chi connectivity index (χ3n) is 4.08. The van der Waals surface area contributed by atoms with Gasteiger partial charge in [-0.1, -0.05) is 31.2 Å². The Labute approximate surface area is 149 Å². The Bertz CT molecular complexity index is 986. The van der Waals surface area contributed by atoms with Gasteiger partial charge in [0.15, 0.2) is 5.58 Å². The van der Waals surface area contributed by atoms with E-state index in [1.165, 1.54) is 4.57 Å². The molecule has 2 N–H and O–H groups in total. The molecule has 1 heterocycles. The summed E-state index contributed by atoms with van der Waals surface area (Å²) in [6.45, 7) is 2.19. The molecule has 0 radical (unpaired) electrons. The van der Waals surface area contributed by atoms with Gasteiger partial charge in [-0.05, 0) is 36.2 Å². The smallest absolute Gasteiger partial charge is 0.408 e. The Hall–Kier alpha value is -3.35. The summed E-state index contributed by atoms with van der Waals surface area (Å²) < 4.78 is 6.50. The number of rotatable bonds is 5. The zero-order valence-corrected chi connectivity index (χ0v) is 14.3. The molecule has 26 heavy (non-hydrogen) atoms. The Balaban J connectivity index is 1.54. The first-order valence-electron chi connectivity index (χ1n) is 8.35. The normalized spacial score (nSPS) is 10.7. The van der Waals surface area contributed by atoms with Crippen molar-refractivity contribution in [1.82, 2.24) is 15.4 Å². The highest BCUT2D eigenvalue weighted by Gasteiger charge is 2.11. The molecule has 7 heteroatoms. The van der Waals surface area contributed by atoms with Crippen LogP contribution in [0.5, 0.6) is 0 Å². The SMILES string of the molecule is CCc1ccc(C(=O)NNC(=O)CCn2c(=O)oc3ccccc32)cc1. The first-order chi connectivity index (χ1) is 12.6. The van der Waals surface area contributed by atoms with Crippen molar-refractivity contribution in [3.05, 3.63) is 70.2 Å². The number of oxazole rings is 1. The van der Waals surface area contributed by atoms with E-state index >= 15 is 0 Å². The lowest BCUT2D eigenvalue weighted by atomic mass is 10.1. The van der Waals surface area contributed by atoms with Gasteiger partial charge in [-0.25, -0.2) is 4.79 Å². The van der Waals surface area contributed by atoms with Crippen LogP contribution in [0.1, 0.15) is 29.3 Å². The lowest BCUT2D eigenvalue weighted by molar-refractivity contribution is -0.122. The molecule has 0 aliphatic rings. The maximum atomic E-state index is 12.0. The number of hydrazine groups is 1. The summed E-state index contributed by atoms with van der Waals surface area (Å²) in [5, 5.41) is 0. The van der Waals surface area contributed by atoms with E-state index in [1.807, 2.05) is 19.1 Å². The monoisotopic (exact) mass is 353 g/mol. The zero-order chi connectivity index (χ0) is 18.5. The van der Waals surface area contributed by atoms with Gasteiger partial charge in [0.1, 0.15) is 0 Å². The second-order valence-electron chi connectivity index (χ2n) is 5.79. The van der Waals surface area contributed by atoms with Gasteiger partial charge >= 0.3 is 5.76 Å². The summed E-state index contributed by atoms with van der Waals surface area (Å²) in [5.74, 6) is -1.31. The summed E-state index contributed by atoms with van der Waals surface area (Å²) in [7, 11) is 0. The molecule has 3 rings (SSSR count). The van der Waals surface area contributed by atoms with Crippen LogP contribution in [0, 0.1) is 0 Å². The predicted molar refractivity (Wildman–Crippen MR) is 96.5 cm³/mol. The summed E-state index contributed by atoms with van der Waals surface area (Å²) >= 11 is 0. The second kappa shape index (κ2) is 7.69. The molecule has 0 aliphatic heterocycles. The highest BCUT2D eigenvalue weighted by atomic mass is 16.4. The van der Waals surface area contributed by atoms with E-state index in [-0.39, 0.29) is 13.0 Å². The van der Waals surface area contributed by atoms with Crippen LogP contribution in [0.15, 0.2) is 57.7 Å². The van der Waals surface area contributed by atoms with Crippen molar-refractivity contribution in [2.75, 3.05) is 0 Å². The minimum atomic E-state index is -0.515. The van der Waals surface area contributed by atoms with Crippen molar-refractivity contribution in [2.45, 2.75) is 26.3 Å². The molecular weight excluding hydrogens is 334 g/mol. The molecule has 0 saturated carbocycles. The van der Waals surface area contributed by atoms with Gasteiger partial charge in [0.05, 0.1) is 5.52 Å². The van der Waals surface area contributed by atoms with E-state index in [0.29, 0.717) is 16.7 Å². The van der Waals surface area contributed by atoms with Crippen molar-refractivity contribution >= 4 is 22.9 Å². The number of nitrogens with zero attached hydrogens (tertiary/aromatic N) is 1. The molecule has 1 aromatic heterocycles. The number of benzene rings is 2. The van der Waals surface area contributed by atoms with Crippen LogP contribution in [-0.4, -0.2) is 16.4 Å². The van der Waals surface area contributed by atoms with E-state index in [2.05, 4.69) is 10.9 Å². The molecule has 0 aliphatic carbocycles. The number of aryl methyl sites for hydroxylation is 2. The van der Waals surface area contributed by atoms with Crippen molar-refractivity contribution in [2.24, 2.45) is 0 Å². The Kier molecular flexibility index (Phi) is 5.17. The van der Waals surface area contributed by atoms with E-state index in [9.17, 15) is 14.4 Å². The van der Waals surface area contributed by atoms with E-state index in [4.69, 9.17) is 4.42 Å². The van der Waals surface area contributed by atoms with Gasteiger partial charge < -0.3 is 4.42 Å². The molecule has 2 amide bonds. The Morgan fingerprint density at radius 1 is 1.04 bits per heavy atom. The van der Waals surface area contributed by atoms with Crippen molar-refractivity contribution in [1.29, 1.82) is 0 Å². The fraction of sp³-hybridized carbons (Fsp3) is 0.211. The Morgan fingerprint density at radius 2 is 1.77 bits per heavy atom. The van der Waals surface area contributed by atoms with Crippen molar-refractivity contribution in [3.63, 3.8) is 0 Å². The molecule has 0 bridgehead atoms. The second-order valence-corrected chi connectivity index (χ2v) is 5.79. The molecule has 0 unspecified atom stereocenters. The number of carbonyl (C=O) groups excluding carboxylic acids is 2. The molecule has 0 fully saturated rings. The topological polar surface area (TPSA) is 93.3 Å². The molecule has 7 nitrogen and oxygen atoms in total. The minimum absolute atomic E-state index is 0.0263. The largest absolute Gasteiger partial charge is 0.419 e. The lowest BCUT2D eigenvalue weighted by Crippen LogP contribution is -2.42. The van der Waals surface area contributed by atoms with E-state index in [0.717, 1.165) is 12.0 Å². The van der Waals surface area contributed by atoms with Crippen LogP contribution in [0.2, 0.25) is 0 Å². The number of hydrogen-bond donors (Lipinski definition) is 2. The van der Waals surface area contributed by atoms with Gasteiger partial charge in [0.2, 0.25) is 5.91 Å². The van der Waals surface area contributed by atoms with Gasteiger partial charge in [-0.15, -0.1) is 0 Å². The zero-order valence-electron chi connectivity index (χ0n) is 14.3. The van der Waals surface area contributed by atoms with Crippen LogP contribution in [-0.2, 0) is 17.8 Å². The number of para-hydroxylation sites is 2. The van der Waals surface area contributed by atoms with Gasteiger partial charge in [0.25, 0.3) is 5.91 Å². The predicted octanol–water partition coefficient (Wildman–Crippen LogP) is 2.01. The van der Waals surface area contributed by atoms with Crippen LogP contribution in [0.3, 0.4) is 0 Å². The highest BCUT2D eigenvalue weighted by Crippen LogP contribution is 2.11. The first-order valence-corrected chi connectivity index (χ1v) is 8.35. The third kappa shape index (κ3) is 3.83. The summed E-state index contributed by atoms with van der Waals surface area (Å²) in [5.41, 5.74) is 7.41. The maximum Gasteiger partial charge on any atom is 0.419 e. The number of hydrogen-bond acceptors (Lipinski definition) is 4. The van der Waals surface area contributed by atoms with E-state index in [1.54, 1.807) is 36.4 Å². The molecular formula is C19H19N3O4. The van der Waals surface area contributed by atoms with Crippen LogP contribution in [0.4, 0.5) is 0 Å². The number of nitrogens with one attached hydrogen (secondary N) is 2. The molecule has 3 aromatic rings. The fourth-order valence-electron chi connectivity index (χ4n) is 2.59. The highest BCUT2D eigenvalue weighted by molar-refractivity contribution is 5.95. The third-order valence-corrected chi connectivity index (χ3v) is 4.08. The van der Waals surface area contributed by atoms with Gasteiger partial charge in [-0.2, -0.15) is 0 Å². The van der Waals surface area contributed by atoms with Crippen LogP contribution in [0.25, 0.3) is 11.1 Å². The summed E-state index contributed by atoms with van der Waals surface area (Å²) in [6.07, 6.45) is 0.916. The maximum absolute atomic E-state index is 12.0. The minimum Gasteiger partial charge on any atom is -0.408 e. The lowest BCUT2D eigenvalue weighted by Gasteiger charge is -2.08. The molecule has 0 atom stereocenters. The number of fused-ring (bicyclic) bond motifs is 1. The molecule has 0 saturated heterocycles. The molecule has 134 valence electrons. The standard InChI is InChI=1S/C19H19N3O4/c1-2-13-7-9-14(10-8-13)18(24)21-20-17(23)11-12-22-15-5-3-4-6-16(15)26-19(22)25/h3-10H,2,11-12H2,1H3,(H,20,23)(H,21,24). The van der Waals surface area contributed by atoms with Crippen molar-refractivity contribution in [3.8, 4) is 0 Å². The van der Waals surface area contributed by atoms with E-state index < -0.39 is 17.6 Å². The van der Waals surface area contributed by atoms with Gasteiger partial charge in [-0.3, -0.25) is 25.0 Å². The molecule has 0 spiro atoms. The van der Waals surface area contributed by atoms with Crippen molar-refractivity contribution < 1.29 is 14.0 Å². The first kappa shape index (κ1) is 17.5.